The molecule has 0 aromatic heterocycles. The summed E-state index contributed by atoms with van der Waals surface area (Å²) in [6.45, 7) is 2.68. The summed E-state index contributed by atoms with van der Waals surface area (Å²) in [5.41, 5.74) is 2.38. The van der Waals surface area contributed by atoms with E-state index < -0.39 is 0 Å². The van der Waals surface area contributed by atoms with Crippen molar-refractivity contribution in [2.24, 2.45) is 0 Å². The van der Waals surface area contributed by atoms with E-state index >= 15 is 0 Å². The number of rotatable bonds is 8. The van der Waals surface area contributed by atoms with Crippen LogP contribution in [0, 0.1) is 0 Å². The van der Waals surface area contributed by atoms with Gasteiger partial charge in [-0.05, 0) is 25.2 Å². The van der Waals surface area contributed by atoms with Crippen LogP contribution in [0.3, 0.4) is 0 Å². The second-order valence-electron chi connectivity index (χ2n) is 4.80. The second-order valence-corrected chi connectivity index (χ2v) is 4.80. The molecule has 102 valence electrons. The smallest absolute Gasteiger partial charge is 0.0791 e. The number of likely N-dealkylation sites (N-methyl/N-ethyl adjacent to an activating group) is 1. The molecule has 0 aliphatic carbocycles. The van der Waals surface area contributed by atoms with Gasteiger partial charge in [0.1, 0.15) is 0 Å². The first-order chi connectivity index (χ1) is 8.61. The normalized spacial score (nSPS) is 12.9. The highest BCUT2D eigenvalue weighted by atomic mass is 16.5. The average Bonchev–Trinajstić information content (AvgIpc) is 2.29. The van der Waals surface area contributed by atoms with Gasteiger partial charge in [-0.2, -0.15) is 0 Å². The fourth-order valence-electron chi connectivity index (χ4n) is 1.87. The molecule has 1 aromatic carbocycles. The van der Waals surface area contributed by atoms with E-state index in [1.807, 2.05) is 31.1 Å². The molecule has 0 saturated heterocycles. The molecule has 4 heteroatoms. The number of hydrogen-bond donors (Lipinski definition) is 2. The van der Waals surface area contributed by atoms with Crippen LogP contribution < -0.4 is 5.32 Å². The Balaban J connectivity index is 2.32. The van der Waals surface area contributed by atoms with Crippen LogP contribution in [0.2, 0.25) is 0 Å². The lowest BCUT2D eigenvalue weighted by Crippen LogP contribution is -2.34. The van der Waals surface area contributed by atoms with E-state index in [4.69, 9.17) is 4.74 Å². The molecule has 1 rings (SSSR count). The Kier molecular flexibility index (Phi) is 6.90. The van der Waals surface area contributed by atoms with Crippen molar-refractivity contribution >= 4 is 0 Å². The fraction of sp³-hybridized carbons (Fsp3) is 0.571. The van der Waals surface area contributed by atoms with Gasteiger partial charge in [0.2, 0.25) is 0 Å². The molecule has 0 fully saturated rings. The first-order valence-electron chi connectivity index (χ1n) is 6.22. The van der Waals surface area contributed by atoms with Crippen LogP contribution in [-0.2, 0) is 17.9 Å². The molecular weight excluding hydrogens is 228 g/mol. The van der Waals surface area contributed by atoms with Gasteiger partial charge in [-0.1, -0.05) is 24.3 Å². The molecule has 0 heterocycles. The van der Waals surface area contributed by atoms with Crippen LogP contribution in [0.4, 0.5) is 0 Å². The molecule has 0 amide bonds. The average molecular weight is 252 g/mol. The molecule has 1 atom stereocenters. The highest BCUT2D eigenvalue weighted by Gasteiger charge is 2.04. The summed E-state index contributed by atoms with van der Waals surface area (Å²) in [6.07, 6.45) is -0.331. The molecule has 2 N–H and O–H groups in total. The lowest BCUT2D eigenvalue weighted by Gasteiger charge is -2.16. The SMILES string of the molecule is COCc1cccc(CNCC(O)CN(C)C)c1. The fourth-order valence-corrected chi connectivity index (χ4v) is 1.87. The quantitative estimate of drug-likeness (QED) is 0.720. The van der Waals surface area contributed by atoms with Crippen molar-refractivity contribution < 1.29 is 9.84 Å². The number of methoxy groups -OCH3 is 1. The molecule has 4 nitrogen and oxygen atoms in total. The van der Waals surface area contributed by atoms with Crippen molar-refractivity contribution in [1.29, 1.82) is 0 Å². The summed E-state index contributed by atoms with van der Waals surface area (Å²) in [5, 5.41) is 13.0. The maximum Gasteiger partial charge on any atom is 0.0791 e. The number of nitrogens with one attached hydrogen (secondary N) is 1. The van der Waals surface area contributed by atoms with E-state index in [0.717, 1.165) is 6.54 Å². The van der Waals surface area contributed by atoms with Gasteiger partial charge in [0.05, 0.1) is 12.7 Å². The van der Waals surface area contributed by atoms with Crippen molar-refractivity contribution in [3.05, 3.63) is 35.4 Å². The van der Waals surface area contributed by atoms with Gasteiger partial charge >= 0.3 is 0 Å². The third-order valence-electron chi connectivity index (χ3n) is 2.59. The molecule has 0 spiro atoms. The maximum absolute atomic E-state index is 9.71. The zero-order valence-electron chi connectivity index (χ0n) is 11.5. The Hall–Kier alpha value is -0.940. The van der Waals surface area contributed by atoms with Crippen molar-refractivity contribution in [2.45, 2.75) is 19.3 Å². The van der Waals surface area contributed by atoms with Gasteiger partial charge in [-0.15, -0.1) is 0 Å². The molecule has 0 aliphatic heterocycles. The summed E-state index contributed by atoms with van der Waals surface area (Å²) >= 11 is 0. The summed E-state index contributed by atoms with van der Waals surface area (Å²) in [6, 6.07) is 8.27. The third kappa shape index (κ3) is 6.12. The van der Waals surface area contributed by atoms with Crippen molar-refractivity contribution in [2.75, 3.05) is 34.3 Å². The maximum atomic E-state index is 9.71. The van der Waals surface area contributed by atoms with Gasteiger partial charge in [0.15, 0.2) is 0 Å². The van der Waals surface area contributed by atoms with E-state index in [0.29, 0.717) is 19.7 Å². The lowest BCUT2D eigenvalue weighted by molar-refractivity contribution is 0.134. The van der Waals surface area contributed by atoms with Crippen LogP contribution >= 0.6 is 0 Å². The number of ether oxygens (including phenoxy) is 1. The predicted molar refractivity (Wildman–Crippen MR) is 73.4 cm³/mol. The molecular formula is C14H24N2O2. The molecule has 0 aliphatic rings. The topological polar surface area (TPSA) is 44.7 Å². The minimum atomic E-state index is -0.331. The minimum Gasteiger partial charge on any atom is -0.390 e. The Morgan fingerprint density at radius 3 is 2.72 bits per heavy atom. The predicted octanol–water partition coefficient (Wildman–Crippen LogP) is 0.845. The number of benzene rings is 1. The molecule has 1 unspecified atom stereocenters. The Labute approximate surface area is 110 Å². The van der Waals surface area contributed by atoms with E-state index in [9.17, 15) is 5.11 Å². The summed E-state index contributed by atoms with van der Waals surface area (Å²) < 4.78 is 5.10. The second kappa shape index (κ2) is 8.21. The number of hydrogen-bond acceptors (Lipinski definition) is 4. The number of nitrogens with zero attached hydrogens (tertiary/aromatic N) is 1. The molecule has 18 heavy (non-hydrogen) atoms. The molecule has 0 radical (unpaired) electrons. The first kappa shape index (κ1) is 15.1. The van der Waals surface area contributed by atoms with Gasteiger partial charge in [-0.25, -0.2) is 0 Å². The molecule has 0 saturated carbocycles. The number of aliphatic hydroxyl groups excluding tert-OH is 1. The largest absolute Gasteiger partial charge is 0.390 e. The standard InChI is InChI=1S/C14H24N2O2/c1-16(2)10-14(17)9-15-8-12-5-4-6-13(7-12)11-18-3/h4-7,14-15,17H,8-11H2,1-3H3. The molecule has 1 aromatic rings. The Morgan fingerprint density at radius 1 is 1.33 bits per heavy atom. The van der Waals surface area contributed by atoms with Crippen molar-refractivity contribution in [3.8, 4) is 0 Å². The number of aliphatic hydroxyl groups is 1. The zero-order chi connectivity index (χ0) is 13.4. The first-order valence-corrected chi connectivity index (χ1v) is 6.22. The third-order valence-corrected chi connectivity index (χ3v) is 2.59. The van der Waals surface area contributed by atoms with Crippen LogP contribution in [0.1, 0.15) is 11.1 Å². The monoisotopic (exact) mass is 252 g/mol. The minimum absolute atomic E-state index is 0.331. The van der Waals surface area contributed by atoms with Gasteiger partial charge in [-0.3, -0.25) is 0 Å². The van der Waals surface area contributed by atoms with Crippen LogP contribution in [0.25, 0.3) is 0 Å². The highest BCUT2D eigenvalue weighted by molar-refractivity contribution is 5.22. The van der Waals surface area contributed by atoms with E-state index in [1.165, 1.54) is 11.1 Å². The van der Waals surface area contributed by atoms with Gasteiger partial charge in [0, 0.05) is 26.7 Å². The van der Waals surface area contributed by atoms with E-state index in [-0.39, 0.29) is 6.10 Å². The Bertz CT molecular complexity index is 342. The van der Waals surface area contributed by atoms with Gasteiger partial charge < -0.3 is 20.1 Å². The van der Waals surface area contributed by atoms with Crippen molar-refractivity contribution in [3.63, 3.8) is 0 Å². The summed E-state index contributed by atoms with van der Waals surface area (Å²) in [5.74, 6) is 0. The lowest BCUT2D eigenvalue weighted by atomic mass is 10.1. The zero-order valence-corrected chi connectivity index (χ0v) is 11.5. The van der Waals surface area contributed by atoms with Crippen LogP contribution in [0.15, 0.2) is 24.3 Å². The molecule has 0 bridgehead atoms. The Morgan fingerprint density at radius 2 is 2.06 bits per heavy atom. The van der Waals surface area contributed by atoms with Crippen molar-refractivity contribution in [1.82, 2.24) is 10.2 Å². The summed E-state index contributed by atoms with van der Waals surface area (Å²) in [7, 11) is 5.61. The van der Waals surface area contributed by atoms with Gasteiger partial charge in [0.25, 0.3) is 0 Å². The van der Waals surface area contributed by atoms with E-state index in [2.05, 4.69) is 17.4 Å². The summed E-state index contributed by atoms with van der Waals surface area (Å²) in [4.78, 5) is 1.98. The van der Waals surface area contributed by atoms with Crippen LogP contribution in [-0.4, -0.2) is 50.4 Å². The van der Waals surface area contributed by atoms with Crippen LogP contribution in [0.5, 0.6) is 0 Å². The highest BCUT2D eigenvalue weighted by Crippen LogP contribution is 2.06. The van der Waals surface area contributed by atoms with E-state index in [1.54, 1.807) is 7.11 Å².